The first-order valence-electron chi connectivity index (χ1n) is 6.00. The van der Waals surface area contributed by atoms with Crippen molar-refractivity contribution < 1.29 is 4.74 Å². The van der Waals surface area contributed by atoms with Crippen LogP contribution in [0.2, 0.25) is 0 Å². The highest BCUT2D eigenvalue weighted by Gasteiger charge is 2.24. The molecule has 3 nitrogen and oxygen atoms in total. The van der Waals surface area contributed by atoms with E-state index in [0.717, 1.165) is 24.9 Å². The number of hydrogen-bond acceptors (Lipinski definition) is 3. The molecule has 0 saturated heterocycles. The fourth-order valence-corrected chi connectivity index (χ4v) is 2.23. The van der Waals surface area contributed by atoms with Crippen LogP contribution in [0.1, 0.15) is 32.3 Å². The third kappa shape index (κ3) is 3.58. The summed E-state index contributed by atoms with van der Waals surface area (Å²) in [5.74, 6) is 1.29. The Bertz CT molecular complexity index is 332. The lowest BCUT2D eigenvalue weighted by atomic mass is 9.95. The molecule has 1 aromatic heterocycles. The largest absolute Gasteiger partial charge is 0.481 e. The van der Waals surface area contributed by atoms with Gasteiger partial charge in [-0.15, -0.1) is 11.6 Å². The minimum absolute atomic E-state index is 0.00239. The lowest BCUT2D eigenvalue weighted by molar-refractivity contribution is 0.327. The van der Waals surface area contributed by atoms with E-state index in [0.29, 0.717) is 11.8 Å². The molecular formula is C13H21ClN2O. The SMILES string of the molecule is CCC(CC)(CCl)NCc1cccnc1OC. The molecule has 17 heavy (non-hydrogen) atoms. The summed E-state index contributed by atoms with van der Waals surface area (Å²) in [6, 6.07) is 3.93. The highest BCUT2D eigenvalue weighted by Crippen LogP contribution is 2.20. The summed E-state index contributed by atoms with van der Waals surface area (Å²) in [5, 5.41) is 3.52. The lowest BCUT2D eigenvalue weighted by Gasteiger charge is -2.31. The highest BCUT2D eigenvalue weighted by molar-refractivity contribution is 6.18. The summed E-state index contributed by atoms with van der Waals surface area (Å²) < 4.78 is 5.23. The standard InChI is InChI=1S/C13H21ClN2O/c1-4-13(5-2,10-14)16-9-11-7-6-8-15-12(11)17-3/h6-8,16H,4-5,9-10H2,1-3H3. The molecule has 0 amide bonds. The van der Waals surface area contributed by atoms with Gasteiger partial charge in [0.2, 0.25) is 5.88 Å². The van der Waals surface area contributed by atoms with Crippen molar-refractivity contribution in [2.45, 2.75) is 38.8 Å². The molecule has 0 aromatic carbocycles. The van der Waals surface area contributed by atoms with Gasteiger partial charge in [-0.05, 0) is 18.9 Å². The van der Waals surface area contributed by atoms with Crippen LogP contribution >= 0.6 is 11.6 Å². The molecule has 0 saturated carbocycles. The second-order valence-corrected chi connectivity index (χ2v) is 4.41. The number of nitrogens with one attached hydrogen (secondary N) is 1. The average molecular weight is 257 g/mol. The fraction of sp³-hybridized carbons (Fsp3) is 0.615. The van der Waals surface area contributed by atoms with Crippen molar-refractivity contribution in [1.82, 2.24) is 10.3 Å². The van der Waals surface area contributed by atoms with E-state index >= 15 is 0 Å². The van der Waals surface area contributed by atoms with Crippen LogP contribution in [0.25, 0.3) is 0 Å². The van der Waals surface area contributed by atoms with E-state index in [1.54, 1.807) is 13.3 Å². The minimum Gasteiger partial charge on any atom is -0.481 e. The molecule has 0 radical (unpaired) electrons. The first-order valence-corrected chi connectivity index (χ1v) is 6.53. The maximum Gasteiger partial charge on any atom is 0.217 e. The van der Waals surface area contributed by atoms with E-state index < -0.39 is 0 Å². The Morgan fingerprint density at radius 2 is 2.12 bits per heavy atom. The van der Waals surface area contributed by atoms with E-state index in [-0.39, 0.29) is 5.54 Å². The molecule has 1 aromatic rings. The van der Waals surface area contributed by atoms with Crippen LogP contribution in [-0.2, 0) is 6.54 Å². The summed E-state index contributed by atoms with van der Waals surface area (Å²) in [6.45, 7) is 5.03. The van der Waals surface area contributed by atoms with Gasteiger partial charge in [-0.1, -0.05) is 19.9 Å². The molecular weight excluding hydrogens is 236 g/mol. The lowest BCUT2D eigenvalue weighted by Crippen LogP contribution is -2.45. The molecule has 4 heteroatoms. The van der Waals surface area contributed by atoms with Gasteiger partial charge < -0.3 is 10.1 Å². The number of methoxy groups -OCH3 is 1. The fourth-order valence-electron chi connectivity index (χ4n) is 1.76. The molecule has 1 N–H and O–H groups in total. The number of hydrogen-bond donors (Lipinski definition) is 1. The zero-order chi connectivity index (χ0) is 12.7. The predicted octanol–water partition coefficient (Wildman–Crippen LogP) is 2.98. The van der Waals surface area contributed by atoms with Crippen molar-refractivity contribution >= 4 is 11.6 Å². The van der Waals surface area contributed by atoms with Crippen LogP contribution in [0.5, 0.6) is 5.88 Å². The molecule has 0 aliphatic heterocycles. The second kappa shape index (κ2) is 6.82. The van der Waals surface area contributed by atoms with E-state index in [2.05, 4.69) is 24.1 Å². The van der Waals surface area contributed by atoms with Crippen molar-refractivity contribution in [3.05, 3.63) is 23.9 Å². The number of alkyl halides is 1. The third-order valence-corrected chi connectivity index (χ3v) is 3.82. The van der Waals surface area contributed by atoms with Gasteiger partial charge in [-0.3, -0.25) is 0 Å². The van der Waals surface area contributed by atoms with Crippen LogP contribution in [0.15, 0.2) is 18.3 Å². The summed E-state index contributed by atoms with van der Waals surface area (Å²) in [6.07, 6.45) is 3.75. The molecule has 96 valence electrons. The first-order chi connectivity index (χ1) is 8.21. The Balaban J connectivity index is 2.71. The topological polar surface area (TPSA) is 34.2 Å². The van der Waals surface area contributed by atoms with Gasteiger partial charge >= 0.3 is 0 Å². The normalized spacial score (nSPS) is 11.5. The van der Waals surface area contributed by atoms with Gasteiger partial charge in [0.25, 0.3) is 0 Å². The van der Waals surface area contributed by atoms with E-state index in [1.807, 2.05) is 12.1 Å². The zero-order valence-corrected chi connectivity index (χ0v) is 11.5. The summed E-state index contributed by atoms with van der Waals surface area (Å²) >= 11 is 6.06. The van der Waals surface area contributed by atoms with Crippen molar-refractivity contribution in [2.75, 3.05) is 13.0 Å². The Hall–Kier alpha value is -0.800. The van der Waals surface area contributed by atoms with Gasteiger partial charge in [-0.25, -0.2) is 4.98 Å². The van der Waals surface area contributed by atoms with Gasteiger partial charge in [0.1, 0.15) is 0 Å². The molecule has 1 heterocycles. The molecule has 0 aliphatic carbocycles. The van der Waals surface area contributed by atoms with Crippen LogP contribution in [-0.4, -0.2) is 23.5 Å². The monoisotopic (exact) mass is 256 g/mol. The van der Waals surface area contributed by atoms with E-state index in [4.69, 9.17) is 16.3 Å². The van der Waals surface area contributed by atoms with E-state index in [1.165, 1.54) is 0 Å². The highest BCUT2D eigenvalue weighted by atomic mass is 35.5. The van der Waals surface area contributed by atoms with Gasteiger partial charge in [0, 0.05) is 29.7 Å². The van der Waals surface area contributed by atoms with E-state index in [9.17, 15) is 0 Å². The molecule has 0 fully saturated rings. The summed E-state index contributed by atoms with van der Waals surface area (Å²) in [5.41, 5.74) is 1.06. The number of halogens is 1. The number of aromatic nitrogens is 1. The Morgan fingerprint density at radius 1 is 1.41 bits per heavy atom. The van der Waals surface area contributed by atoms with Crippen molar-refractivity contribution in [3.63, 3.8) is 0 Å². The maximum absolute atomic E-state index is 6.06. The quantitative estimate of drug-likeness (QED) is 0.762. The minimum atomic E-state index is 0.00239. The third-order valence-electron chi connectivity index (χ3n) is 3.31. The Morgan fingerprint density at radius 3 is 2.65 bits per heavy atom. The molecule has 0 atom stereocenters. The maximum atomic E-state index is 6.06. The average Bonchev–Trinajstić information content (AvgIpc) is 2.41. The van der Waals surface area contributed by atoms with Crippen LogP contribution in [0, 0.1) is 0 Å². The molecule has 0 unspecified atom stereocenters. The molecule has 0 aliphatic rings. The zero-order valence-electron chi connectivity index (χ0n) is 10.8. The predicted molar refractivity (Wildman–Crippen MR) is 71.7 cm³/mol. The van der Waals surface area contributed by atoms with Crippen LogP contribution < -0.4 is 10.1 Å². The first kappa shape index (κ1) is 14.3. The summed E-state index contributed by atoms with van der Waals surface area (Å²) in [7, 11) is 1.64. The Kier molecular flexibility index (Phi) is 5.72. The van der Waals surface area contributed by atoms with Crippen molar-refractivity contribution in [1.29, 1.82) is 0 Å². The van der Waals surface area contributed by atoms with Crippen LogP contribution in [0.4, 0.5) is 0 Å². The number of ether oxygens (including phenoxy) is 1. The Labute approximate surface area is 109 Å². The smallest absolute Gasteiger partial charge is 0.217 e. The summed E-state index contributed by atoms with van der Waals surface area (Å²) in [4.78, 5) is 4.18. The molecule has 0 bridgehead atoms. The van der Waals surface area contributed by atoms with Crippen molar-refractivity contribution in [3.8, 4) is 5.88 Å². The molecule has 0 spiro atoms. The second-order valence-electron chi connectivity index (χ2n) is 4.15. The number of rotatable bonds is 7. The number of pyridine rings is 1. The van der Waals surface area contributed by atoms with Gasteiger partial charge in [0.15, 0.2) is 0 Å². The molecule has 1 rings (SSSR count). The van der Waals surface area contributed by atoms with Crippen molar-refractivity contribution in [2.24, 2.45) is 0 Å². The number of nitrogens with zero attached hydrogens (tertiary/aromatic N) is 1. The van der Waals surface area contributed by atoms with Gasteiger partial charge in [-0.2, -0.15) is 0 Å². The van der Waals surface area contributed by atoms with Crippen LogP contribution in [0.3, 0.4) is 0 Å². The van der Waals surface area contributed by atoms with Gasteiger partial charge in [0.05, 0.1) is 7.11 Å².